The molecule has 4 atom stereocenters. The zero-order valence-corrected chi connectivity index (χ0v) is 63.4. The molecule has 4 unspecified atom stereocenters. The van der Waals surface area contributed by atoms with E-state index in [9.17, 15) is 23.6 Å². The third-order valence-electron chi connectivity index (χ3n) is 19.7. The van der Waals surface area contributed by atoms with E-state index in [0.717, 1.165) is 119 Å². The first-order valence-electron chi connectivity index (χ1n) is 34.6. The molecule has 0 saturated heterocycles. The summed E-state index contributed by atoms with van der Waals surface area (Å²) in [6, 6.07) is 55.3. The van der Waals surface area contributed by atoms with Gasteiger partial charge in [0.25, 0.3) is 0 Å². The quantitative estimate of drug-likeness (QED) is 0.0866. The molecule has 0 spiro atoms. The molecule has 4 aliphatic rings. The Morgan fingerprint density at radius 3 is 1.38 bits per heavy atom. The van der Waals surface area contributed by atoms with E-state index >= 15 is 0 Å². The number of nitrogens with zero attached hydrogens (tertiary/aromatic N) is 4. The number of benzene rings is 8. The zero-order chi connectivity index (χ0) is 73.2. The number of halogens is 7. The van der Waals surface area contributed by atoms with Gasteiger partial charge in [-0.1, -0.05) is 161 Å². The van der Waals surface area contributed by atoms with Crippen LogP contribution in [0.4, 0.5) is 18.8 Å². The number of rotatable bonds is 8. The Balaban J connectivity index is 0.000000123. The van der Waals surface area contributed by atoms with Gasteiger partial charge in [0.05, 0.1) is 25.1 Å². The Morgan fingerprint density at radius 2 is 0.904 bits per heavy atom. The molecule has 536 valence electrons. The molecule has 15 nitrogen and oxygen atoms in total. The number of amides is 4. The summed E-state index contributed by atoms with van der Waals surface area (Å²) in [5, 5.41) is 7.16. The molecule has 0 radical (unpaired) electrons. The van der Waals surface area contributed by atoms with Crippen molar-refractivity contribution in [2.24, 2.45) is 0 Å². The molecule has 0 aliphatic carbocycles. The number of carbonyl (C=O) groups excluding carboxylic acids is 4. The van der Waals surface area contributed by atoms with Crippen molar-refractivity contribution in [2.45, 2.75) is 96.5 Å². The van der Waals surface area contributed by atoms with Gasteiger partial charge in [0.1, 0.15) is 30.5 Å². The van der Waals surface area contributed by atoms with Crippen LogP contribution < -0.4 is 0 Å². The fraction of sp³-hybridized carbons (Fsp3) is 0.268. The molecule has 22 heteroatoms. The summed E-state index contributed by atoms with van der Waals surface area (Å²) in [5.41, 5.74) is 17.7. The maximum absolute atomic E-state index is 14.6. The number of ether oxygens (including phenoxy) is 3. The molecule has 4 amide bonds. The van der Waals surface area contributed by atoms with Crippen molar-refractivity contribution < 1.29 is 37.8 Å². The number of aromatic amines is 4. The second-order valence-electron chi connectivity index (χ2n) is 26.7. The number of alkyl halides is 1. The highest BCUT2D eigenvalue weighted by atomic mass is 79.9. The van der Waals surface area contributed by atoms with E-state index in [0.29, 0.717) is 52.6 Å². The lowest BCUT2D eigenvalue weighted by Crippen LogP contribution is -2.41. The molecule has 0 saturated carbocycles. The Kier molecular flexibility index (Phi) is 22.4. The van der Waals surface area contributed by atoms with E-state index in [2.05, 4.69) is 92.2 Å². The van der Waals surface area contributed by atoms with Gasteiger partial charge in [-0.3, -0.25) is 19.5 Å². The van der Waals surface area contributed by atoms with Gasteiger partial charge in [-0.15, -0.1) is 11.6 Å². The first kappa shape index (κ1) is 73.4. The predicted molar refractivity (Wildman–Crippen MR) is 417 cm³/mol. The highest BCUT2D eigenvalue weighted by molar-refractivity contribution is 9.10. The lowest BCUT2D eigenvalue weighted by atomic mass is 9.91. The summed E-state index contributed by atoms with van der Waals surface area (Å²) in [5.74, 6) is 0.455. The van der Waals surface area contributed by atoms with Crippen LogP contribution in [-0.2, 0) is 44.7 Å². The van der Waals surface area contributed by atoms with Crippen molar-refractivity contribution in [3.63, 3.8) is 0 Å². The van der Waals surface area contributed by atoms with Gasteiger partial charge < -0.3 is 39.0 Å². The van der Waals surface area contributed by atoms with Crippen LogP contribution in [0.3, 0.4) is 0 Å². The molecule has 4 N–H and O–H groups in total. The maximum atomic E-state index is 14.6. The van der Waals surface area contributed by atoms with Gasteiger partial charge >= 0.3 is 18.3 Å². The van der Waals surface area contributed by atoms with Crippen LogP contribution >= 0.6 is 73.9 Å². The van der Waals surface area contributed by atoms with Gasteiger partial charge in [0.15, 0.2) is 0 Å². The standard InChI is InChI=1S/C22H23BrN2O.C21H21ClN2O2.C20H17Cl2FN2O2.C19H16Cl2N2O2/c1-13(2)15-4-6-16(7-5-15)22-21-18(10-11-25(22)14(3)26)19-12-17(23)8-9-20(19)24-21;1-13(2)26-21(25)24-11-10-16-17-12-15(22)8-9-18(17)23-19(16)20(24)14-6-4-3-5-7-14;21-8-10-27-20(26)25-9-7-13-15-11-12(22)5-6-17(15)24-18(13)19(25)14-3-1-2-4-16(14)23;1-25-19(24)23-8-7-14-15-10-13(21)5-6-16(15)22-17(14)18(23)11-3-2-4-12(20)9-11/h4-9,12-13,22,24H,10-11H2,1-3H3;3-9,12-13,20,23H,10-11H2,1-2H3;1-6,11,19,24H,7-10H2;2-6,9-10,18,22H,7-8H2,1H3. The highest BCUT2D eigenvalue weighted by Gasteiger charge is 2.40. The molecule has 12 aromatic rings. The fourth-order valence-corrected chi connectivity index (χ4v) is 16.2. The van der Waals surface area contributed by atoms with Gasteiger partial charge in [-0.05, 0) is 181 Å². The minimum absolute atomic E-state index is 0.0522. The second kappa shape index (κ2) is 31.8. The van der Waals surface area contributed by atoms with Crippen molar-refractivity contribution >= 4 is 142 Å². The molecule has 0 bridgehead atoms. The highest BCUT2D eigenvalue weighted by Crippen LogP contribution is 2.45. The number of methoxy groups -OCH3 is 1. The summed E-state index contributed by atoms with van der Waals surface area (Å²) >= 11 is 34.0. The lowest BCUT2D eigenvalue weighted by molar-refractivity contribution is -0.130. The van der Waals surface area contributed by atoms with E-state index in [4.69, 9.17) is 72.2 Å². The van der Waals surface area contributed by atoms with Crippen LogP contribution in [0.5, 0.6) is 0 Å². The molecular formula is C82H77BrCl5FN8O7. The van der Waals surface area contributed by atoms with E-state index in [1.54, 1.807) is 41.0 Å². The maximum Gasteiger partial charge on any atom is 0.410 e. The van der Waals surface area contributed by atoms with Crippen LogP contribution in [0.2, 0.25) is 20.1 Å². The fourth-order valence-electron chi connectivity index (χ4n) is 15.0. The molecule has 104 heavy (non-hydrogen) atoms. The molecule has 8 heterocycles. The Labute approximate surface area is 635 Å². The normalized spacial score (nSPS) is 16.7. The average Bonchev–Trinajstić information content (AvgIpc) is 1.60. The molecular weight excluding hydrogens is 1490 g/mol. The van der Waals surface area contributed by atoms with Crippen molar-refractivity contribution in [3.8, 4) is 0 Å². The van der Waals surface area contributed by atoms with Crippen LogP contribution in [0.25, 0.3) is 43.6 Å². The summed E-state index contributed by atoms with van der Waals surface area (Å²) in [6.45, 7) is 12.2. The lowest BCUT2D eigenvalue weighted by Gasteiger charge is -2.35. The van der Waals surface area contributed by atoms with Crippen molar-refractivity contribution in [1.82, 2.24) is 39.5 Å². The topological polar surface area (TPSA) is 172 Å². The van der Waals surface area contributed by atoms with Crippen molar-refractivity contribution in [3.05, 3.63) is 279 Å². The molecule has 0 fully saturated rings. The van der Waals surface area contributed by atoms with E-state index < -0.39 is 12.1 Å². The minimum atomic E-state index is -0.607. The van der Waals surface area contributed by atoms with Gasteiger partial charge in [-0.25, -0.2) is 18.8 Å². The van der Waals surface area contributed by atoms with E-state index in [1.165, 1.54) is 40.8 Å². The summed E-state index contributed by atoms with van der Waals surface area (Å²) < 4.78 is 31.5. The zero-order valence-electron chi connectivity index (χ0n) is 58.1. The number of H-pyrrole nitrogens is 4. The largest absolute Gasteiger partial charge is 0.453 e. The SMILES string of the molecule is CC(=O)N1CCc2c([nH]c3ccc(Br)cc23)C1c1ccc(C(C)C)cc1.CC(C)OC(=O)N1CCc2c([nH]c3ccc(Cl)cc23)C1c1ccccc1.COC(=O)N1CCc2c([nH]c3ccc(Cl)cc23)C1c1cccc(Cl)c1.O=C(OCCCl)N1CCc2c([nH]c3ccc(Cl)cc23)C1c1ccccc1F. The predicted octanol–water partition coefficient (Wildman–Crippen LogP) is 21.3. The first-order chi connectivity index (χ1) is 50.2. The molecule has 4 aromatic heterocycles. The third-order valence-corrected chi connectivity index (χ3v) is 21.3. The van der Waals surface area contributed by atoms with Crippen molar-refractivity contribution in [1.29, 1.82) is 0 Å². The average molecular weight is 1560 g/mol. The van der Waals surface area contributed by atoms with Gasteiger partial charge in [-0.2, -0.15) is 0 Å². The van der Waals surface area contributed by atoms with Gasteiger partial charge in [0.2, 0.25) is 5.91 Å². The van der Waals surface area contributed by atoms with Crippen LogP contribution in [0.1, 0.15) is 138 Å². The summed E-state index contributed by atoms with van der Waals surface area (Å²) in [7, 11) is 1.40. The molecule has 8 aromatic carbocycles. The Hall–Kier alpha value is -8.94. The molecule has 16 rings (SSSR count). The third kappa shape index (κ3) is 15.2. The number of carbonyl (C=O) groups is 4. The molecule has 4 aliphatic heterocycles. The van der Waals surface area contributed by atoms with Crippen LogP contribution in [-0.4, -0.2) is 116 Å². The minimum Gasteiger partial charge on any atom is -0.453 e. The van der Waals surface area contributed by atoms with Gasteiger partial charge in [0, 0.05) is 130 Å². The Bertz CT molecular complexity index is 5100. The number of fused-ring (bicyclic) bond motifs is 12. The number of nitrogens with one attached hydrogen (secondary N) is 4. The van der Waals surface area contributed by atoms with Crippen molar-refractivity contribution in [2.75, 3.05) is 45.8 Å². The number of aromatic nitrogens is 4. The number of hydrogen-bond acceptors (Lipinski definition) is 7. The van der Waals surface area contributed by atoms with E-state index in [-0.39, 0.29) is 60.6 Å². The van der Waals surface area contributed by atoms with E-state index in [1.807, 2.05) is 127 Å². The summed E-state index contributed by atoms with van der Waals surface area (Å²) in [4.78, 5) is 71.1. The summed E-state index contributed by atoms with van der Waals surface area (Å²) in [6.07, 6.45) is 1.72. The number of hydrogen-bond donors (Lipinski definition) is 4. The van der Waals surface area contributed by atoms with Crippen LogP contribution in [0.15, 0.2) is 180 Å². The van der Waals surface area contributed by atoms with Crippen LogP contribution in [0, 0.1) is 5.82 Å². The first-order valence-corrected chi connectivity index (χ1v) is 37.4. The monoisotopic (exact) mass is 1560 g/mol. The Morgan fingerprint density at radius 1 is 0.481 bits per heavy atom. The second-order valence-corrected chi connectivity index (χ2v) is 29.8. The smallest absolute Gasteiger partial charge is 0.410 e.